The van der Waals surface area contributed by atoms with Crippen LogP contribution in [0.25, 0.3) is 0 Å². The van der Waals surface area contributed by atoms with Gasteiger partial charge in [0.25, 0.3) is 5.91 Å². The van der Waals surface area contributed by atoms with Crippen molar-refractivity contribution in [3.05, 3.63) is 59.2 Å². The molecule has 0 bridgehead atoms. The third-order valence-corrected chi connectivity index (χ3v) is 5.79. The standard InChI is InChI=1S/C27H35N3O5/c1-16-10-9-11-17(2)22(16)29-24(32)23(20-12-7-8-13-21(20)31)30(19-14-15-19)25(33)18(3)28-26(34)35-27(4,5)6/h7-13,18-19,23,31H,14-15H2,1-6H3,(H,28,34)(H,29,32). The monoisotopic (exact) mass is 481 g/mol. The van der Waals surface area contributed by atoms with Crippen LogP contribution in [-0.4, -0.2) is 45.6 Å². The smallest absolute Gasteiger partial charge is 0.408 e. The number of aryl methyl sites for hydroxylation is 2. The molecule has 8 nitrogen and oxygen atoms in total. The van der Waals surface area contributed by atoms with E-state index in [9.17, 15) is 19.5 Å². The Morgan fingerprint density at radius 2 is 1.63 bits per heavy atom. The topological polar surface area (TPSA) is 108 Å². The fraction of sp³-hybridized carbons (Fsp3) is 0.444. The van der Waals surface area contributed by atoms with Crippen LogP contribution in [0.2, 0.25) is 0 Å². The molecular weight excluding hydrogens is 446 g/mol. The van der Waals surface area contributed by atoms with Crippen molar-refractivity contribution in [1.82, 2.24) is 10.2 Å². The molecule has 1 aliphatic rings. The lowest BCUT2D eigenvalue weighted by atomic mass is 10.0. The summed E-state index contributed by atoms with van der Waals surface area (Å²) in [5.41, 5.74) is 2.05. The van der Waals surface area contributed by atoms with Crippen LogP contribution < -0.4 is 10.6 Å². The highest BCUT2D eigenvalue weighted by Crippen LogP contribution is 2.39. The van der Waals surface area contributed by atoms with Crippen molar-refractivity contribution in [1.29, 1.82) is 0 Å². The largest absolute Gasteiger partial charge is 0.508 e. The number of phenolic OH excluding ortho intramolecular Hbond substituents is 1. The number of carbonyl (C=O) groups excluding carboxylic acids is 3. The van der Waals surface area contributed by atoms with Gasteiger partial charge in [-0.05, 0) is 71.6 Å². The number of anilines is 1. The van der Waals surface area contributed by atoms with E-state index in [1.54, 1.807) is 45.9 Å². The van der Waals surface area contributed by atoms with E-state index in [1.165, 1.54) is 11.0 Å². The summed E-state index contributed by atoms with van der Waals surface area (Å²) in [6, 6.07) is 10.0. The lowest BCUT2D eigenvalue weighted by Gasteiger charge is -2.34. The lowest BCUT2D eigenvalue weighted by molar-refractivity contribution is -0.141. The van der Waals surface area contributed by atoms with E-state index >= 15 is 0 Å². The number of alkyl carbamates (subject to hydrolysis) is 1. The Morgan fingerprint density at radius 3 is 2.17 bits per heavy atom. The van der Waals surface area contributed by atoms with Crippen molar-refractivity contribution >= 4 is 23.6 Å². The summed E-state index contributed by atoms with van der Waals surface area (Å²) >= 11 is 0. The SMILES string of the molecule is Cc1cccc(C)c1NC(=O)C(c1ccccc1O)N(C(=O)C(C)NC(=O)OC(C)(C)C)C1CC1. The van der Waals surface area contributed by atoms with E-state index in [1.807, 2.05) is 32.0 Å². The van der Waals surface area contributed by atoms with E-state index in [-0.39, 0.29) is 11.8 Å². The third kappa shape index (κ3) is 6.53. The highest BCUT2D eigenvalue weighted by atomic mass is 16.6. The Hall–Kier alpha value is -3.55. The van der Waals surface area contributed by atoms with Crippen molar-refractivity contribution in [2.75, 3.05) is 5.32 Å². The van der Waals surface area contributed by atoms with Crippen LogP contribution >= 0.6 is 0 Å². The molecule has 2 aromatic rings. The van der Waals surface area contributed by atoms with Gasteiger partial charge in [0, 0.05) is 17.3 Å². The molecule has 3 amide bonds. The summed E-state index contributed by atoms with van der Waals surface area (Å²) in [6.45, 7) is 10.6. The summed E-state index contributed by atoms with van der Waals surface area (Å²) in [5.74, 6) is -0.947. The van der Waals surface area contributed by atoms with Gasteiger partial charge in [0.2, 0.25) is 5.91 Å². The van der Waals surface area contributed by atoms with E-state index in [0.717, 1.165) is 24.0 Å². The van der Waals surface area contributed by atoms with Crippen molar-refractivity contribution in [3.8, 4) is 5.75 Å². The van der Waals surface area contributed by atoms with Gasteiger partial charge >= 0.3 is 6.09 Å². The van der Waals surface area contributed by atoms with Gasteiger partial charge in [0.05, 0.1) is 0 Å². The number of nitrogens with zero attached hydrogens (tertiary/aromatic N) is 1. The van der Waals surface area contributed by atoms with Crippen LogP contribution in [-0.2, 0) is 14.3 Å². The second-order valence-electron chi connectivity index (χ2n) is 10.1. The van der Waals surface area contributed by atoms with Crippen LogP contribution in [0.5, 0.6) is 5.75 Å². The summed E-state index contributed by atoms with van der Waals surface area (Å²) in [5, 5.41) is 16.2. The predicted molar refractivity (Wildman–Crippen MR) is 134 cm³/mol. The molecule has 2 atom stereocenters. The lowest BCUT2D eigenvalue weighted by Crippen LogP contribution is -2.52. The number of carbonyl (C=O) groups is 3. The highest BCUT2D eigenvalue weighted by Gasteiger charge is 2.44. The first kappa shape index (κ1) is 26.1. The fourth-order valence-electron chi connectivity index (χ4n) is 3.98. The molecule has 2 unspecified atom stereocenters. The average molecular weight is 482 g/mol. The number of hydrogen-bond acceptors (Lipinski definition) is 5. The first-order valence-corrected chi connectivity index (χ1v) is 11.9. The Labute approximate surface area is 206 Å². The number of phenols is 1. The predicted octanol–water partition coefficient (Wildman–Crippen LogP) is 4.59. The molecule has 1 aliphatic carbocycles. The third-order valence-electron chi connectivity index (χ3n) is 5.79. The first-order valence-electron chi connectivity index (χ1n) is 11.9. The molecular formula is C27H35N3O5. The maximum atomic E-state index is 13.8. The summed E-state index contributed by atoms with van der Waals surface area (Å²) in [7, 11) is 0. The van der Waals surface area contributed by atoms with Crippen molar-refractivity contribution in [2.24, 2.45) is 0 Å². The number of rotatable bonds is 7. The number of ether oxygens (including phenoxy) is 1. The normalized spacial score (nSPS) is 15.0. The molecule has 1 saturated carbocycles. The molecule has 3 rings (SSSR count). The van der Waals surface area contributed by atoms with Crippen LogP contribution in [0.15, 0.2) is 42.5 Å². The van der Waals surface area contributed by atoms with Gasteiger partial charge in [0.1, 0.15) is 23.4 Å². The van der Waals surface area contributed by atoms with Gasteiger partial charge < -0.3 is 25.4 Å². The van der Waals surface area contributed by atoms with Gasteiger partial charge in [-0.3, -0.25) is 9.59 Å². The fourth-order valence-corrected chi connectivity index (χ4v) is 3.98. The van der Waals surface area contributed by atoms with E-state index in [2.05, 4.69) is 10.6 Å². The van der Waals surface area contributed by atoms with Crippen LogP contribution in [0.1, 0.15) is 63.3 Å². The molecule has 0 aromatic heterocycles. The Balaban J connectivity index is 1.95. The maximum absolute atomic E-state index is 13.8. The number of hydrogen-bond donors (Lipinski definition) is 3. The van der Waals surface area contributed by atoms with Crippen LogP contribution in [0.3, 0.4) is 0 Å². The zero-order chi connectivity index (χ0) is 25.9. The molecule has 188 valence electrons. The number of benzene rings is 2. The molecule has 0 heterocycles. The quantitative estimate of drug-likeness (QED) is 0.536. The minimum absolute atomic E-state index is 0.0830. The van der Waals surface area contributed by atoms with E-state index in [0.29, 0.717) is 11.3 Å². The number of aromatic hydroxyl groups is 1. The van der Waals surface area contributed by atoms with E-state index < -0.39 is 35.6 Å². The molecule has 8 heteroatoms. The Bertz CT molecular complexity index is 1080. The highest BCUT2D eigenvalue weighted by molar-refractivity contribution is 6.00. The van der Waals surface area contributed by atoms with Gasteiger partial charge in [-0.2, -0.15) is 0 Å². The van der Waals surface area contributed by atoms with Crippen molar-refractivity contribution in [3.63, 3.8) is 0 Å². The molecule has 1 fully saturated rings. The molecule has 2 aromatic carbocycles. The molecule has 0 radical (unpaired) electrons. The zero-order valence-electron chi connectivity index (χ0n) is 21.2. The van der Waals surface area contributed by atoms with Gasteiger partial charge in [-0.25, -0.2) is 4.79 Å². The van der Waals surface area contributed by atoms with E-state index in [4.69, 9.17) is 4.74 Å². The summed E-state index contributed by atoms with van der Waals surface area (Å²) in [4.78, 5) is 41.2. The zero-order valence-corrected chi connectivity index (χ0v) is 21.2. The summed E-state index contributed by atoms with van der Waals surface area (Å²) < 4.78 is 5.29. The van der Waals surface area contributed by atoms with Gasteiger partial charge in [0.15, 0.2) is 0 Å². The van der Waals surface area contributed by atoms with Gasteiger partial charge in [-0.1, -0.05) is 36.4 Å². The molecule has 0 spiro atoms. The minimum Gasteiger partial charge on any atom is -0.508 e. The molecule has 3 N–H and O–H groups in total. The second kappa shape index (κ2) is 10.4. The first-order chi connectivity index (χ1) is 16.4. The van der Waals surface area contributed by atoms with Crippen LogP contribution in [0.4, 0.5) is 10.5 Å². The number of para-hydroxylation sites is 2. The van der Waals surface area contributed by atoms with Gasteiger partial charge in [-0.15, -0.1) is 0 Å². The molecule has 0 aliphatic heterocycles. The average Bonchev–Trinajstić information content (AvgIpc) is 3.58. The van der Waals surface area contributed by atoms with Crippen molar-refractivity contribution in [2.45, 2.75) is 78.1 Å². The molecule has 0 saturated heterocycles. The minimum atomic E-state index is -1.09. The number of amides is 3. The van der Waals surface area contributed by atoms with Crippen LogP contribution in [0, 0.1) is 13.8 Å². The molecule has 35 heavy (non-hydrogen) atoms. The Morgan fingerprint density at radius 1 is 1.03 bits per heavy atom. The second-order valence-corrected chi connectivity index (χ2v) is 10.1. The number of nitrogens with one attached hydrogen (secondary N) is 2. The summed E-state index contributed by atoms with van der Waals surface area (Å²) in [6.07, 6.45) is 0.741. The van der Waals surface area contributed by atoms with Crippen molar-refractivity contribution < 1.29 is 24.2 Å². The Kier molecular flexibility index (Phi) is 7.73. The maximum Gasteiger partial charge on any atom is 0.408 e.